The van der Waals surface area contributed by atoms with Gasteiger partial charge in [0.15, 0.2) is 11.6 Å². The van der Waals surface area contributed by atoms with Gasteiger partial charge in [-0.05, 0) is 43.2 Å². The van der Waals surface area contributed by atoms with Crippen molar-refractivity contribution in [1.82, 2.24) is 15.0 Å². The van der Waals surface area contributed by atoms with Crippen LogP contribution < -0.4 is 21.5 Å². The summed E-state index contributed by atoms with van der Waals surface area (Å²) in [5.74, 6) is -0.132. The van der Waals surface area contributed by atoms with Crippen LogP contribution in [0, 0.1) is 19.7 Å². The number of nitrogens with zero attached hydrogens (tertiary/aromatic N) is 3. The Morgan fingerprint density at radius 2 is 1.75 bits per heavy atom. The number of aromatic nitrogens is 3. The molecule has 0 aliphatic heterocycles. The van der Waals surface area contributed by atoms with E-state index in [0.717, 1.165) is 11.8 Å². The van der Waals surface area contributed by atoms with Gasteiger partial charge in [0.25, 0.3) is 0 Å². The number of rotatable bonds is 5. The first-order chi connectivity index (χ1) is 13.1. The van der Waals surface area contributed by atoms with Gasteiger partial charge >= 0.3 is 0 Å². The van der Waals surface area contributed by atoms with Crippen molar-refractivity contribution in [3.8, 4) is 0 Å². The summed E-state index contributed by atoms with van der Waals surface area (Å²) in [6.07, 6.45) is 0.976. The summed E-state index contributed by atoms with van der Waals surface area (Å²) in [5, 5.41) is 10.8. The van der Waals surface area contributed by atoms with Crippen molar-refractivity contribution in [1.29, 1.82) is 0 Å². The highest BCUT2D eigenvalue weighted by Gasteiger charge is 2.14. The van der Waals surface area contributed by atoms with E-state index in [2.05, 4.69) is 25.6 Å². The van der Waals surface area contributed by atoms with Crippen LogP contribution in [0.3, 0.4) is 0 Å². The van der Waals surface area contributed by atoms with E-state index in [1.54, 1.807) is 38.1 Å². The minimum Gasteiger partial charge on any atom is -0.383 e. The van der Waals surface area contributed by atoms with Crippen LogP contribution in [0.25, 0.3) is 0 Å². The third-order valence-electron chi connectivity index (χ3n) is 3.88. The molecule has 0 aliphatic rings. The molecule has 0 saturated heterocycles. The number of nitrogen functional groups attached to an aromatic ring is 1. The van der Waals surface area contributed by atoms with Gasteiger partial charge in [-0.15, -0.1) is 0 Å². The van der Waals surface area contributed by atoms with Crippen molar-refractivity contribution in [2.45, 2.75) is 18.7 Å². The van der Waals surface area contributed by atoms with Crippen LogP contribution in [0.15, 0.2) is 41.4 Å². The summed E-state index contributed by atoms with van der Waals surface area (Å²) in [6, 6.07) is 7.95. The van der Waals surface area contributed by atoms with Gasteiger partial charge in [0.05, 0.1) is 11.1 Å². The third kappa shape index (κ3) is 4.32. The van der Waals surface area contributed by atoms with Crippen molar-refractivity contribution in [3.05, 3.63) is 53.5 Å². The molecule has 146 valence electrons. The number of sulfonamides is 1. The zero-order valence-corrected chi connectivity index (χ0v) is 15.9. The van der Waals surface area contributed by atoms with Gasteiger partial charge in [0, 0.05) is 5.69 Å². The van der Waals surface area contributed by atoms with Crippen molar-refractivity contribution in [3.63, 3.8) is 0 Å². The maximum atomic E-state index is 14.1. The molecule has 0 bridgehead atoms. The average molecular weight is 403 g/mol. The van der Waals surface area contributed by atoms with Crippen LogP contribution in [0.5, 0.6) is 0 Å². The minimum atomic E-state index is -3.88. The second-order valence-electron chi connectivity index (χ2n) is 6.06. The van der Waals surface area contributed by atoms with E-state index < -0.39 is 15.8 Å². The van der Waals surface area contributed by atoms with Crippen molar-refractivity contribution in [2.24, 2.45) is 5.14 Å². The molecule has 0 amide bonds. The lowest BCUT2D eigenvalue weighted by Crippen LogP contribution is -2.14. The molecule has 2 aromatic heterocycles. The van der Waals surface area contributed by atoms with E-state index in [4.69, 9.17) is 10.9 Å². The standard InChI is InChI=1S/C17H18FN7O2S/c1-9-3-5-11(7-13(9)28(20,26)27)22-17-21-8-12(18)16(25-17)24-14-6-4-10(2)15(19)23-14/h3-8H,1-2H3,(H2,20,26,27)(H4,19,21,22,23,24,25). The summed E-state index contributed by atoms with van der Waals surface area (Å²) in [6.45, 7) is 3.43. The number of nitrogens with one attached hydrogen (secondary N) is 2. The molecule has 0 aliphatic carbocycles. The van der Waals surface area contributed by atoms with Crippen LogP contribution in [-0.2, 0) is 10.0 Å². The Morgan fingerprint density at radius 1 is 1.04 bits per heavy atom. The number of halogens is 1. The van der Waals surface area contributed by atoms with E-state index in [-0.39, 0.29) is 16.7 Å². The van der Waals surface area contributed by atoms with Gasteiger partial charge in [-0.3, -0.25) is 0 Å². The van der Waals surface area contributed by atoms with Crippen molar-refractivity contribution < 1.29 is 12.8 Å². The number of aryl methyl sites for hydroxylation is 2. The summed E-state index contributed by atoms with van der Waals surface area (Å²) in [5.41, 5.74) is 7.43. The van der Waals surface area contributed by atoms with Crippen LogP contribution in [-0.4, -0.2) is 23.4 Å². The first-order valence-corrected chi connectivity index (χ1v) is 9.61. The Morgan fingerprint density at radius 3 is 2.43 bits per heavy atom. The smallest absolute Gasteiger partial charge is 0.238 e. The van der Waals surface area contributed by atoms with Gasteiger partial charge < -0.3 is 16.4 Å². The Balaban J connectivity index is 1.88. The minimum absolute atomic E-state index is 0.0303. The number of nitrogens with two attached hydrogens (primary N) is 2. The van der Waals surface area contributed by atoms with E-state index in [1.807, 2.05) is 0 Å². The molecular weight excluding hydrogens is 385 g/mol. The fourth-order valence-electron chi connectivity index (χ4n) is 2.36. The fraction of sp³-hybridized carbons (Fsp3) is 0.118. The number of benzene rings is 1. The number of primary sulfonamides is 1. The Labute approximate surface area is 161 Å². The summed E-state index contributed by atoms with van der Waals surface area (Å²) in [7, 11) is -3.88. The van der Waals surface area contributed by atoms with Crippen LogP contribution in [0.4, 0.5) is 33.5 Å². The average Bonchev–Trinajstić information content (AvgIpc) is 2.62. The quantitative estimate of drug-likeness (QED) is 0.507. The molecule has 0 radical (unpaired) electrons. The lowest BCUT2D eigenvalue weighted by atomic mass is 10.2. The topological polar surface area (TPSA) is 149 Å². The zero-order valence-electron chi connectivity index (χ0n) is 15.1. The molecule has 11 heteroatoms. The molecule has 1 aromatic carbocycles. The van der Waals surface area contributed by atoms with Gasteiger partial charge in [0.1, 0.15) is 11.6 Å². The summed E-state index contributed by atoms with van der Waals surface area (Å²) < 4.78 is 37.4. The number of hydrogen-bond acceptors (Lipinski definition) is 8. The SMILES string of the molecule is Cc1ccc(Nc2ncc(F)c(Nc3ccc(C)c(N)n3)n2)cc1S(N)(=O)=O. The Hall–Kier alpha value is -3.31. The number of hydrogen-bond donors (Lipinski definition) is 4. The second-order valence-corrected chi connectivity index (χ2v) is 7.59. The van der Waals surface area contributed by atoms with Gasteiger partial charge in [-0.25, -0.2) is 27.9 Å². The fourth-order valence-corrected chi connectivity index (χ4v) is 3.17. The lowest BCUT2D eigenvalue weighted by molar-refractivity contribution is 0.597. The highest BCUT2D eigenvalue weighted by atomic mass is 32.2. The number of pyridine rings is 1. The first kappa shape index (κ1) is 19.5. The largest absolute Gasteiger partial charge is 0.383 e. The molecule has 0 fully saturated rings. The van der Waals surface area contributed by atoms with Crippen LogP contribution >= 0.6 is 0 Å². The molecule has 28 heavy (non-hydrogen) atoms. The molecular formula is C17H18FN7O2S. The summed E-state index contributed by atoms with van der Waals surface area (Å²) in [4.78, 5) is 12.0. The van der Waals surface area contributed by atoms with Gasteiger partial charge in [0.2, 0.25) is 16.0 Å². The maximum absolute atomic E-state index is 14.1. The predicted octanol–water partition coefficient (Wildman–Crippen LogP) is 2.34. The predicted molar refractivity (Wildman–Crippen MR) is 104 cm³/mol. The second kappa shape index (κ2) is 7.37. The number of anilines is 5. The molecule has 2 heterocycles. The van der Waals surface area contributed by atoms with E-state index >= 15 is 0 Å². The molecule has 0 atom stereocenters. The molecule has 0 saturated carbocycles. The molecule has 3 rings (SSSR count). The first-order valence-electron chi connectivity index (χ1n) is 8.06. The normalized spacial score (nSPS) is 11.3. The highest BCUT2D eigenvalue weighted by Crippen LogP contribution is 2.23. The summed E-state index contributed by atoms with van der Waals surface area (Å²) >= 11 is 0. The van der Waals surface area contributed by atoms with Crippen molar-refractivity contribution >= 4 is 39.1 Å². The third-order valence-corrected chi connectivity index (χ3v) is 4.93. The Bertz CT molecular complexity index is 1150. The lowest BCUT2D eigenvalue weighted by Gasteiger charge is -2.11. The van der Waals surface area contributed by atoms with Crippen LogP contribution in [0.2, 0.25) is 0 Å². The van der Waals surface area contributed by atoms with E-state index in [0.29, 0.717) is 22.9 Å². The van der Waals surface area contributed by atoms with Crippen LogP contribution in [0.1, 0.15) is 11.1 Å². The Kier molecular flexibility index (Phi) is 5.12. The molecule has 6 N–H and O–H groups in total. The molecule has 0 unspecified atom stereocenters. The van der Waals surface area contributed by atoms with Gasteiger partial charge in [-0.2, -0.15) is 4.98 Å². The molecule has 9 nitrogen and oxygen atoms in total. The highest BCUT2D eigenvalue weighted by molar-refractivity contribution is 7.89. The maximum Gasteiger partial charge on any atom is 0.238 e. The van der Waals surface area contributed by atoms with E-state index in [9.17, 15) is 12.8 Å². The zero-order chi connectivity index (χ0) is 20.5. The molecule has 0 spiro atoms. The van der Waals surface area contributed by atoms with Crippen molar-refractivity contribution in [2.75, 3.05) is 16.4 Å². The van der Waals surface area contributed by atoms with Gasteiger partial charge in [-0.1, -0.05) is 12.1 Å². The van der Waals surface area contributed by atoms with E-state index in [1.165, 1.54) is 6.07 Å². The molecule has 3 aromatic rings. The monoisotopic (exact) mass is 403 g/mol.